The number of hydrogen-bond donors (Lipinski definition) is 1. The summed E-state index contributed by atoms with van der Waals surface area (Å²) in [5, 5.41) is 8.90. The fourth-order valence-corrected chi connectivity index (χ4v) is 4.02. The van der Waals surface area contributed by atoms with Gasteiger partial charge < -0.3 is 14.9 Å². The molecule has 0 bridgehead atoms. The highest BCUT2D eigenvalue weighted by Crippen LogP contribution is 2.39. The lowest BCUT2D eigenvalue weighted by atomic mass is 9.73. The van der Waals surface area contributed by atoms with Gasteiger partial charge in [0.15, 0.2) is 0 Å². The summed E-state index contributed by atoms with van der Waals surface area (Å²) in [6.07, 6.45) is 5.63. The number of likely N-dealkylation sites (tertiary alicyclic amines) is 2. The second-order valence-electron chi connectivity index (χ2n) is 7.09. The molecule has 1 aromatic heterocycles. The molecule has 1 spiro atoms. The van der Waals surface area contributed by atoms with E-state index in [-0.39, 0.29) is 17.7 Å². The molecule has 2 saturated heterocycles. The van der Waals surface area contributed by atoms with E-state index in [1.807, 2.05) is 23.1 Å². The van der Waals surface area contributed by atoms with Gasteiger partial charge in [-0.25, -0.2) is 0 Å². The Balaban J connectivity index is 1.64. The fraction of sp³-hybridized carbons (Fsp3) is 0.611. The Kier molecular flexibility index (Phi) is 5.14. The van der Waals surface area contributed by atoms with Crippen LogP contribution in [0.1, 0.15) is 37.8 Å². The molecule has 6 nitrogen and oxygen atoms in total. The summed E-state index contributed by atoms with van der Waals surface area (Å²) in [6, 6.07) is 5.78. The molecule has 1 amide bonds. The van der Waals surface area contributed by atoms with Crippen LogP contribution in [0.25, 0.3) is 0 Å². The summed E-state index contributed by atoms with van der Waals surface area (Å²) >= 11 is 0. The Hall–Kier alpha value is -1.95. The molecule has 0 unspecified atom stereocenters. The quantitative estimate of drug-likeness (QED) is 0.890. The van der Waals surface area contributed by atoms with Gasteiger partial charge in [0.2, 0.25) is 5.91 Å². The van der Waals surface area contributed by atoms with Crippen molar-refractivity contribution >= 4 is 11.9 Å². The Morgan fingerprint density at radius 3 is 2.92 bits per heavy atom. The van der Waals surface area contributed by atoms with E-state index in [1.165, 1.54) is 0 Å². The first kappa shape index (κ1) is 16.9. The molecule has 0 radical (unpaired) electrons. The summed E-state index contributed by atoms with van der Waals surface area (Å²) < 4.78 is 0. The third-order valence-electron chi connectivity index (χ3n) is 5.21. The molecule has 2 aliphatic heterocycles. The van der Waals surface area contributed by atoms with Gasteiger partial charge in [-0.05, 0) is 37.9 Å². The highest BCUT2D eigenvalue weighted by molar-refractivity contribution is 5.77. The molecule has 0 aliphatic carbocycles. The molecule has 1 N–H and O–H groups in total. The largest absolute Gasteiger partial charge is 0.481 e. The summed E-state index contributed by atoms with van der Waals surface area (Å²) in [6.45, 7) is 3.78. The number of carbonyl (C=O) groups is 2. The molecule has 2 aliphatic rings. The summed E-state index contributed by atoms with van der Waals surface area (Å²) in [5.74, 6) is -0.542. The summed E-state index contributed by atoms with van der Waals surface area (Å²) in [4.78, 5) is 31.7. The predicted molar refractivity (Wildman–Crippen MR) is 89.2 cm³/mol. The molecule has 130 valence electrons. The zero-order chi connectivity index (χ0) is 17.0. The summed E-state index contributed by atoms with van der Waals surface area (Å²) in [7, 11) is 0. The van der Waals surface area contributed by atoms with Crippen LogP contribution >= 0.6 is 0 Å². The van der Waals surface area contributed by atoms with Crippen LogP contribution in [0.5, 0.6) is 0 Å². The molecule has 0 saturated carbocycles. The molecular weight excluding hydrogens is 306 g/mol. The molecule has 6 heteroatoms. The van der Waals surface area contributed by atoms with Crippen LogP contribution in [-0.2, 0) is 16.1 Å². The standard InChI is InChI=1S/C18H25N3O3/c22-16-5-8-18(7-3-10-20(13-18)11-6-17(23)24)14-21(16)12-15-4-1-2-9-19-15/h1-2,4,9H,3,5-8,10-14H2,(H,23,24)/t18-/m1/s1. The van der Waals surface area contributed by atoms with Gasteiger partial charge in [0.25, 0.3) is 0 Å². The molecule has 0 aromatic carbocycles. The van der Waals surface area contributed by atoms with E-state index in [9.17, 15) is 9.59 Å². The Morgan fingerprint density at radius 1 is 1.29 bits per heavy atom. The van der Waals surface area contributed by atoms with Gasteiger partial charge in [-0.3, -0.25) is 14.6 Å². The minimum Gasteiger partial charge on any atom is -0.481 e. The van der Waals surface area contributed by atoms with Crippen molar-refractivity contribution in [1.29, 1.82) is 0 Å². The van der Waals surface area contributed by atoms with Crippen LogP contribution in [0.15, 0.2) is 24.4 Å². The second-order valence-corrected chi connectivity index (χ2v) is 7.09. The number of carbonyl (C=O) groups excluding carboxylic acids is 1. The first-order valence-electron chi connectivity index (χ1n) is 8.68. The molecule has 1 atom stereocenters. The lowest BCUT2D eigenvalue weighted by Crippen LogP contribution is -2.54. The maximum absolute atomic E-state index is 12.3. The fourth-order valence-electron chi connectivity index (χ4n) is 4.02. The average Bonchev–Trinajstić information content (AvgIpc) is 2.58. The van der Waals surface area contributed by atoms with E-state index in [2.05, 4.69) is 9.88 Å². The van der Waals surface area contributed by atoms with Crippen molar-refractivity contribution in [2.75, 3.05) is 26.2 Å². The zero-order valence-corrected chi connectivity index (χ0v) is 14.0. The predicted octanol–water partition coefficient (Wildman–Crippen LogP) is 1.76. The number of hydrogen-bond acceptors (Lipinski definition) is 4. The van der Waals surface area contributed by atoms with Crippen molar-refractivity contribution in [3.8, 4) is 0 Å². The third kappa shape index (κ3) is 4.12. The van der Waals surface area contributed by atoms with Crippen LogP contribution in [0, 0.1) is 5.41 Å². The molecular formula is C18H25N3O3. The van der Waals surface area contributed by atoms with Gasteiger partial charge in [-0.15, -0.1) is 0 Å². The second kappa shape index (κ2) is 7.30. The SMILES string of the molecule is O=C(O)CCN1CCC[C@@]2(CCC(=O)N(Cc3ccccn3)C2)C1. The molecule has 3 rings (SSSR count). The van der Waals surface area contributed by atoms with Crippen molar-refractivity contribution < 1.29 is 14.7 Å². The zero-order valence-electron chi connectivity index (χ0n) is 14.0. The van der Waals surface area contributed by atoms with Crippen LogP contribution < -0.4 is 0 Å². The van der Waals surface area contributed by atoms with E-state index in [1.54, 1.807) is 6.20 Å². The maximum atomic E-state index is 12.3. The van der Waals surface area contributed by atoms with Crippen LogP contribution in [0.2, 0.25) is 0 Å². The van der Waals surface area contributed by atoms with Crippen LogP contribution in [-0.4, -0.2) is 57.9 Å². The Labute approximate surface area is 142 Å². The van der Waals surface area contributed by atoms with Gasteiger partial charge in [-0.1, -0.05) is 6.07 Å². The normalized spacial score (nSPS) is 25.2. The number of nitrogens with zero attached hydrogens (tertiary/aromatic N) is 3. The van der Waals surface area contributed by atoms with E-state index >= 15 is 0 Å². The minimum atomic E-state index is -0.745. The van der Waals surface area contributed by atoms with E-state index in [0.717, 1.165) is 44.6 Å². The van der Waals surface area contributed by atoms with E-state index in [4.69, 9.17) is 5.11 Å². The molecule has 2 fully saturated rings. The number of piperidine rings is 2. The van der Waals surface area contributed by atoms with Crippen molar-refractivity contribution in [2.45, 2.75) is 38.6 Å². The van der Waals surface area contributed by atoms with Crippen molar-refractivity contribution in [2.24, 2.45) is 5.41 Å². The lowest BCUT2D eigenvalue weighted by molar-refractivity contribution is -0.140. The van der Waals surface area contributed by atoms with Crippen molar-refractivity contribution in [3.63, 3.8) is 0 Å². The van der Waals surface area contributed by atoms with Crippen molar-refractivity contribution in [3.05, 3.63) is 30.1 Å². The number of carboxylic acid groups (broad SMARTS) is 1. The first-order valence-corrected chi connectivity index (χ1v) is 8.68. The smallest absolute Gasteiger partial charge is 0.304 e. The van der Waals surface area contributed by atoms with E-state index < -0.39 is 5.97 Å². The van der Waals surface area contributed by atoms with Gasteiger partial charge >= 0.3 is 5.97 Å². The van der Waals surface area contributed by atoms with Crippen LogP contribution in [0.4, 0.5) is 0 Å². The number of aliphatic carboxylic acids is 1. The average molecular weight is 331 g/mol. The highest BCUT2D eigenvalue weighted by atomic mass is 16.4. The van der Waals surface area contributed by atoms with Crippen LogP contribution in [0.3, 0.4) is 0 Å². The third-order valence-corrected chi connectivity index (χ3v) is 5.21. The monoisotopic (exact) mass is 331 g/mol. The first-order chi connectivity index (χ1) is 11.6. The number of aromatic nitrogens is 1. The topological polar surface area (TPSA) is 73.7 Å². The molecule has 1 aromatic rings. The number of carboxylic acids is 1. The van der Waals surface area contributed by atoms with Gasteiger partial charge in [0, 0.05) is 37.7 Å². The number of amides is 1. The molecule has 3 heterocycles. The van der Waals surface area contributed by atoms with Gasteiger partial charge in [-0.2, -0.15) is 0 Å². The Morgan fingerprint density at radius 2 is 2.17 bits per heavy atom. The van der Waals surface area contributed by atoms with E-state index in [0.29, 0.717) is 19.5 Å². The van der Waals surface area contributed by atoms with Gasteiger partial charge in [0.05, 0.1) is 18.7 Å². The Bertz CT molecular complexity index is 592. The number of pyridine rings is 1. The summed E-state index contributed by atoms with van der Waals surface area (Å²) in [5.41, 5.74) is 1.03. The van der Waals surface area contributed by atoms with Crippen molar-refractivity contribution in [1.82, 2.24) is 14.8 Å². The minimum absolute atomic E-state index is 0.111. The number of rotatable bonds is 5. The highest BCUT2D eigenvalue weighted by Gasteiger charge is 2.41. The lowest BCUT2D eigenvalue weighted by Gasteiger charge is -2.48. The molecule has 24 heavy (non-hydrogen) atoms. The maximum Gasteiger partial charge on any atom is 0.304 e. The van der Waals surface area contributed by atoms with Gasteiger partial charge in [0.1, 0.15) is 0 Å².